The van der Waals surface area contributed by atoms with Crippen molar-refractivity contribution in [1.82, 2.24) is 14.8 Å². The standard InChI is InChI=1S/C20H13ClF2N4O/c1-11-17-18(21)14(20(28)25-16-8-7-12(22)9-15(16)23)10-24-19(17)27(26-11)13-5-3-2-4-6-13/h2-10H,1H3,(H,25,28). The fraction of sp³-hybridized carbons (Fsp3) is 0.0500. The average Bonchev–Trinajstić information content (AvgIpc) is 3.02. The zero-order valence-corrected chi connectivity index (χ0v) is 15.3. The Hall–Kier alpha value is -3.32. The minimum Gasteiger partial charge on any atom is -0.319 e. The number of nitrogens with one attached hydrogen (secondary N) is 1. The molecular weight excluding hydrogens is 386 g/mol. The summed E-state index contributed by atoms with van der Waals surface area (Å²) in [5, 5.41) is 7.53. The highest BCUT2D eigenvalue weighted by molar-refractivity contribution is 6.39. The summed E-state index contributed by atoms with van der Waals surface area (Å²) in [7, 11) is 0. The lowest BCUT2D eigenvalue weighted by molar-refractivity contribution is 0.102. The SMILES string of the molecule is Cc1nn(-c2ccccc2)c2ncc(C(=O)Nc3ccc(F)cc3F)c(Cl)c12. The van der Waals surface area contributed by atoms with E-state index in [-0.39, 0.29) is 16.3 Å². The summed E-state index contributed by atoms with van der Waals surface area (Å²) in [6.07, 6.45) is 1.31. The number of aryl methyl sites for hydroxylation is 1. The van der Waals surface area contributed by atoms with Crippen molar-refractivity contribution in [3.63, 3.8) is 0 Å². The van der Waals surface area contributed by atoms with Gasteiger partial charge in [-0.25, -0.2) is 18.4 Å². The van der Waals surface area contributed by atoms with Gasteiger partial charge in [-0.3, -0.25) is 4.79 Å². The summed E-state index contributed by atoms with van der Waals surface area (Å²) in [6.45, 7) is 1.76. The number of carbonyl (C=O) groups is 1. The first-order chi connectivity index (χ1) is 13.5. The van der Waals surface area contributed by atoms with Crippen LogP contribution < -0.4 is 5.32 Å². The summed E-state index contributed by atoms with van der Waals surface area (Å²) in [6, 6.07) is 12.3. The first-order valence-corrected chi connectivity index (χ1v) is 8.69. The van der Waals surface area contributed by atoms with Crippen molar-refractivity contribution in [2.24, 2.45) is 0 Å². The Morgan fingerprint density at radius 1 is 1.14 bits per heavy atom. The molecule has 28 heavy (non-hydrogen) atoms. The molecular formula is C20H13ClF2N4O. The smallest absolute Gasteiger partial charge is 0.258 e. The molecule has 1 N–H and O–H groups in total. The molecule has 2 aromatic carbocycles. The van der Waals surface area contributed by atoms with E-state index in [2.05, 4.69) is 15.4 Å². The van der Waals surface area contributed by atoms with Crippen molar-refractivity contribution in [3.05, 3.63) is 82.6 Å². The van der Waals surface area contributed by atoms with Crippen LogP contribution in [0.25, 0.3) is 16.7 Å². The summed E-state index contributed by atoms with van der Waals surface area (Å²) < 4.78 is 28.5. The van der Waals surface area contributed by atoms with Crippen LogP contribution in [0.2, 0.25) is 5.02 Å². The molecule has 4 aromatic rings. The van der Waals surface area contributed by atoms with Crippen LogP contribution in [0.15, 0.2) is 54.7 Å². The highest BCUT2D eigenvalue weighted by Crippen LogP contribution is 2.30. The van der Waals surface area contributed by atoms with Gasteiger partial charge in [0.2, 0.25) is 0 Å². The lowest BCUT2D eigenvalue weighted by Crippen LogP contribution is -2.14. The van der Waals surface area contributed by atoms with Gasteiger partial charge in [0.15, 0.2) is 5.65 Å². The second-order valence-corrected chi connectivity index (χ2v) is 6.47. The number of hydrogen-bond acceptors (Lipinski definition) is 3. The van der Waals surface area contributed by atoms with E-state index in [9.17, 15) is 13.6 Å². The van der Waals surface area contributed by atoms with Gasteiger partial charge in [-0.05, 0) is 31.2 Å². The number of fused-ring (bicyclic) bond motifs is 1. The summed E-state index contributed by atoms with van der Waals surface area (Å²) in [4.78, 5) is 16.9. The van der Waals surface area contributed by atoms with E-state index in [0.29, 0.717) is 22.8 Å². The zero-order valence-electron chi connectivity index (χ0n) is 14.6. The predicted octanol–water partition coefficient (Wildman–Crippen LogP) is 4.91. The molecule has 4 rings (SSSR count). The second kappa shape index (κ2) is 7.01. The van der Waals surface area contributed by atoms with Crippen LogP contribution in [0.4, 0.5) is 14.5 Å². The Kier molecular flexibility index (Phi) is 4.52. The fourth-order valence-corrected chi connectivity index (χ4v) is 3.25. The molecule has 0 spiro atoms. The highest BCUT2D eigenvalue weighted by Gasteiger charge is 2.20. The number of para-hydroxylation sites is 1. The van der Waals surface area contributed by atoms with Crippen molar-refractivity contribution >= 4 is 34.2 Å². The number of aromatic nitrogens is 3. The Balaban J connectivity index is 1.76. The third kappa shape index (κ3) is 3.10. The van der Waals surface area contributed by atoms with Gasteiger partial charge in [0.05, 0.1) is 33.0 Å². The first-order valence-electron chi connectivity index (χ1n) is 8.31. The maximum Gasteiger partial charge on any atom is 0.258 e. The third-order valence-electron chi connectivity index (χ3n) is 4.23. The maximum absolute atomic E-state index is 13.8. The number of hydrogen-bond donors (Lipinski definition) is 1. The Morgan fingerprint density at radius 2 is 1.89 bits per heavy atom. The number of halogens is 3. The van der Waals surface area contributed by atoms with E-state index in [4.69, 9.17) is 11.6 Å². The van der Waals surface area contributed by atoms with Gasteiger partial charge in [-0.2, -0.15) is 5.10 Å². The number of pyridine rings is 1. The Labute approximate surface area is 163 Å². The second-order valence-electron chi connectivity index (χ2n) is 6.10. The molecule has 0 bridgehead atoms. The van der Waals surface area contributed by atoms with Gasteiger partial charge in [-0.15, -0.1) is 0 Å². The van der Waals surface area contributed by atoms with E-state index >= 15 is 0 Å². The van der Waals surface area contributed by atoms with E-state index in [0.717, 1.165) is 17.8 Å². The molecule has 8 heteroatoms. The van der Waals surface area contributed by atoms with Crippen LogP contribution in [0.3, 0.4) is 0 Å². The molecule has 140 valence electrons. The normalized spacial score (nSPS) is 11.0. The number of benzene rings is 2. The number of carbonyl (C=O) groups excluding carboxylic acids is 1. The molecule has 0 saturated heterocycles. The minimum atomic E-state index is -0.883. The van der Waals surface area contributed by atoms with Gasteiger partial charge in [0, 0.05) is 12.3 Å². The first kappa shape index (κ1) is 18.1. The van der Waals surface area contributed by atoms with Crippen LogP contribution in [0.1, 0.15) is 16.1 Å². The Bertz CT molecular complexity index is 1210. The monoisotopic (exact) mass is 398 g/mol. The van der Waals surface area contributed by atoms with Crippen LogP contribution in [0.5, 0.6) is 0 Å². The number of amides is 1. The van der Waals surface area contributed by atoms with Gasteiger partial charge >= 0.3 is 0 Å². The molecule has 0 unspecified atom stereocenters. The molecule has 5 nitrogen and oxygen atoms in total. The number of nitrogens with zero attached hydrogens (tertiary/aromatic N) is 3. The number of anilines is 1. The Morgan fingerprint density at radius 3 is 2.61 bits per heavy atom. The zero-order chi connectivity index (χ0) is 19.8. The number of rotatable bonds is 3. The average molecular weight is 399 g/mol. The van der Waals surface area contributed by atoms with Crippen molar-refractivity contribution in [1.29, 1.82) is 0 Å². The molecule has 0 aliphatic heterocycles. The van der Waals surface area contributed by atoms with Crippen molar-refractivity contribution in [3.8, 4) is 5.69 Å². The van der Waals surface area contributed by atoms with Gasteiger partial charge in [0.1, 0.15) is 11.6 Å². The van der Waals surface area contributed by atoms with E-state index < -0.39 is 17.5 Å². The molecule has 0 radical (unpaired) electrons. The van der Waals surface area contributed by atoms with E-state index in [1.807, 2.05) is 30.3 Å². The van der Waals surface area contributed by atoms with Crippen LogP contribution in [0, 0.1) is 18.6 Å². The van der Waals surface area contributed by atoms with Crippen molar-refractivity contribution in [2.75, 3.05) is 5.32 Å². The van der Waals surface area contributed by atoms with Crippen molar-refractivity contribution in [2.45, 2.75) is 6.92 Å². The molecule has 0 saturated carbocycles. The molecule has 0 atom stereocenters. The van der Waals surface area contributed by atoms with Gasteiger partial charge in [0.25, 0.3) is 5.91 Å². The molecule has 2 aromatic heterocycles. The fourth-order valence-electron chi connectivity index (χ4n) is 2.90. The summed E-state index contributed by atoms with van der Waals surface area (Å²) in [5.74, 6) is -2.27. The lowest BCUT2D eigenvalue weighted by atomic mass is 10.2. The topological polar surface area (TPSA) is 59.8 Å². The minimum absolute atomic E-state index is 0.0635. The van der Waals surface area contributed by atoms with Crippen LogP contribution >= 0.6 is 11.6 Å². The van der Waals surface area contributed by atoms with Crippen LogP contribution in [-0.2, 0) is 0 Å². The van der Waals surface area contributed by atoms with E-state index in [1.165, 1.54) is 6.20 Å². The third-order valence-corrected chi connectivity index (χ3v) is 4.63. The van der Waals surface area contributed by atoms with Crippen molar-refractivity contribution < 1.29 is 13.6 Å². The van der Waals surface area contributed by atoms with Crippen LogP contribution in [-0.4, -0.2) is 20.7 Å². The maximum atomic E-state index is 13.8. The molecule has 2 heterocycles. The molecule has 1 amide bonds. The van der Waals surface area contributed by atoms with Gasteiger partial charge < -0.3 is 5.32 Å². The predicted molar refractivity (Wildman–Crippen MR) is 103 cm³/mol. The van der Waals surface area contributed by atoms with Gasteiger partial charge in [-0.1, -0.05) is 29.8 Å². The molecule has 0 aliphatic rings. The van der Waals surface area contributed by atoms with E-state index in [1.54, 1.807) is 11.6 Å². The quantitative estimate of drug-likeness (QED) is 0.533. The summed E-state index contributed by atoms with van der Waals surface area (Å²) >= 11 is 6.47. The lowest BCUT2D eigenvalue weighted by Gasteiger charge is -2.09. The largest absolute Gasteiger partial charge is 0.319 e. The molecule has 0 fully saturated rings. The molecule has 0 aliphatic carbocycles. The highest BCUT2D eigenvalue weighted by atomic mass is 35.5. The summed E-state index contributed by atoms with van der Waals surface area (Å²) in [5.41, 5.74) is 1.81.